The standard InChI is InChI=1S/C26H28F2N10O2/c1-13-4-5-30-24(34-13)16-7-17(16)26(40)37-21-8-20(32-12-33-21)35-14(2)19-11-38-10-15(23(27)28)6-18(25(38)36-19)31-9-22(39)29-3/h4-6,8,10-12,14,16-17,23,31H,7,9H2,1-3H3,(H,29,39)(H2,32,33,35,37,40)/t14-,16-,17?/m0/s1. The number of imidazole rings is 1. The lowest BCUT2D eigenvalue weighted by atomic mass is 10.2. The van der Waals surface area contributed by atoms with E-state index in [2.05, 4.69) is 46.2 Å². The van der Waals surface area contributed by atoms with Crippen LogP contribution in [0.15, 0.2) is 43.1 Å². The Kier molecular flexibility index (Phi) is 7.49. The zero-order chi connectivity index (χ0) is 28.4. The normalized spacial score (nSPS) is 16.9. The molecule has 40 heavy (non-hydrogen) atoms. The molecule has 3 atom stereocenters. The van der Waals surface area contributed by atoms with Gasteiger partial charge in [-0.2, -0.15) is 0 Å². The topological polar surface area (TPSA) is 151 Å². The molecule has 4 aromatic rings. The minimum Gasteiger partial charge on any atom is -0.373 e. The highest BCUT2D eigenvalue weighted by atomic mass is 19.3. The van der Waals surface area contributed by atoms with Gasteiger partial charge in [0.25, 0.3) is 6.43 Å². The van der Waals surface area contributed by atoms with Crippen LogP contribution in [0.3, 0.4) is 0 Å². The van der Waals surface area contributed by atoms with Crippen LogP contribution in [0.1, 0.15) is 54.5 Å². The highest BCUT2D eigenvalue weighted by Gasteiger charge is 2.46. The van der Waals surface area contributed by atoms with Crippen LogP contribution in [0, 0.1) is 12.8 Å². The first-order valence-electron chi connectivity index (χ1n) is 12.7. The Labute approximate surface area is 228 Å². The van der Waals surface area contributed by atoms with Gasteiger partial charge >= 0.3 is 0 Å². The lowest BCUT2D eigenvalue weighted by Crippen LogP contribution is -2.26. The molecule has 1 unspecified atom stereocenters. The van der Waals surface area contributed by atoms with Crippen LogP contribution < -0.4 is 21.3 Å². The Morgan fingerprint density at radius 2 is 1.93 bits per heavy atom. The first-order chi connectivity index (χ1) is 19.2. The summed E-state index contributed by atoms with van der Waals surface area (Å²) in [7, 11) is 1.49. The Morgan fingerprint density at radius 1 is 1.12 bits per heavy atom. The number of hydrogen-bond donors (Lipinski definition) is 4. The van der Waals surface area contributed by atoms with E-state index < -0.39 is 6.43 Å². The summed E-state index contributed by atoms with van der Waals surface area (Å²) in [6.07, 6.45) is 3.93. The molecular formula is C26H28F2N10O2. The first-order valence-corrected chi connectivity index (χ1v) is 12.7. The van der Waals surface area contributed by atoms with E-state index in [-0.39, 0.29) is 41.8 Å². The summed E-state index contributed by atoms with van der Waals surface area (Å²) in [5, 5.41) is 11.4. The van der Waals surface area contributed by atoms with E-state index in [0.717, 1.165) is 5.69 Å². The van der Waals surface area contributed by atoms with E-state index in [4.69, 9.17) is 0 Å². The van der Waals surface area contributed by atoms with E-state index in [1.807, 2.05) is 19.9 Å². The number of carbonyl (C=O) groups is 2. The fourth-order valence-electron chi connectivity index (χ4n) is 4.30. The molecule has 12 nitrogen and oxygen atoms in total. The van der Waals surface area contributed by atoms with Crippen LogP contribution in [-0.2, 0) is 9.59 Å². The number of pyridine rings is 1. The number of anilines is 3. The van der Waals surface area contributed by atoms with Gasteiger partial charge in [0.05, 0.1) is 24.0 Å². The molecule has 1 aliphatic carbocycles. The zero-order valence-electron chi connectivity index (χ0n) is 22.0. The monoisotopic (exact) mass is 550 g/mol. The maximum absolute atomic E-state index is 13.5. The van der Waals surface area contributed by atoms with Gasteiger partial charge < -0.3 is 25.7 Å². The Bertz CT molecular complexity index is 1560. The summed E-state index contributed by atoms with van der Waals surface area (Å²) in [4.78, 5) is 46.1. The third-order valence-corrected chi connectivity index (χ3v) is 6.56. The van der Waals surface area contributed by atoms with E-state index >= 15 is 0 Å². The quantitative estimate of drug-likeness (QED) is 0.233. The molecule has 0 bridgehead atoms. The van der Waals surface area contributed by atoms with Gasteiger partial charge in [-0.05, 0) is 32.4 Å². The molecule has 4 N–H and O–H groups in total. The number of hydrogen-bond acceptors (Lipinski definition) is 9. The Hall–Kier alpha value is -4.75. The van der Waals surface area contributed by atoms with E-state index in [0.29, 0.717) is 40.9 Å². The molecule has 5 rings (SSSR count). The van der Waals surface area contributed by atoms with Crippen LogP contribution >= 0.6 is 0 Å². The van der Waals surface area contributed by atoms with Crippen molar-refractivity contribution in [3.05, 3.63) is 65.9 Å². The lowest BCUT2D eigenvalue weighted by molar-refractivity contribution is -0.119. The van der Waals surface area contributed by atoms with Crippen molar-refractivity contribution in [3.8, 4) is 0 Å². The summed E-state index contributed by atoms with van der Waals surface area (Å²) in [6.45, 7) is 3.63. The van der Waals surface area contributed by atoms with Crippen LogP contribution in [-0.4, -0.2) is 54.7 Å². The van der Waals surface area contributed by atoms with Crippen molar-refractivity contribution in [1.29, 1.82) is 0 Å². The van der Waals surface area contributed by atoms with Crippen LogP contribution in [0.5, 0.6) is 0 Å². The predicted octanol–water partition coefficient (Wildman–Crippen LogP) is 3.23. The van der Waals surface area contributed by atoms with Crippen molar-refractivity contribution in [2.75, 3.05) is 29.5 Å². The molecule has 4 heterocycles. The second-order valence-corrected chi connectivity index (χ2v) is 9.56. The van der Waals surface area contributed by atoms with Gasteiger partial charge in [-0.3, -0.25) is 9.59 Å². The molecule has 2 amide bonds. The van der Waals surface area contributed by atoms with Gasteiger partial charge in [-0.1, -0.05) is 0 Å². The summed E-state index contributed by atoms with van der Waals surface area (Å²) in [5.74, 6) is 0.733. The third-order valence-electron chi connectivity index (χ3n) is 6.56. The van der Waals surface area contributed by atoms with Crippen LogP contribution in [0.2, 0.25) is 0 Å². The number of aryl methyl sites for hydroxylation is 1. The minimum absolute atomic E-state index is 0.0178. The Balaban J connectivity index is 1.27. The molecule has 4 aromatic heterocycles. The number of nitrogens with one attached hydrogen (secondary N) is 4. The molecule has 1 fully saturated rings. The van der Waals surface area contributed by atoms with Crippen molar-refractivity contribution in [3.63, 3.8) is 0 Å². The van der Waals surface area contributed by atoms with Crippen molar-refractivity contribution >= 4 is 34.8 Å². The average Bonchev–Trinajstić information content (AvgIpc) is 3.62. The molecule has 0 spiro atoms. The Morgan fingerprint density at radius 3 is 2.67 bits per heavy atom. The minimum atomic E-state index is -2.70. The SMILES string of the molecule is CNC(=O)CNc1cc(C(F)F)cn2cc([C@H](C)Nc3cc(NC(=O)C4C[C@@H]4c4nccc(C)n4)ncn3)nc12. The number of carbonyl (C=O) groups excluding carboxylic acids is 2. The number of rotatable bonds is 10. The summed E-state index contributed by atoms with van der Waals surface area (Å²) in [5.41, 5.74) is 1.90. The van der Waals surface area contributed by atoms with Crippen molar-refractivity contribution in [1.82, 2.24) is 34.6 Å². The molecular weight excluding hydrogens is 522 g/mol. The lowest BCUT2D eigenvalue weighted by Gasteiger charge is -2.13. The predicted molar refractivity (Wildman–Crippen MR) is 143 cm³/mol. The molecule has 208 valence electrons. The van der Waals surface area contributed by atoms with E-state index in [1.54, 1.807) is 18.5 Å². The summed E-state index contributed by atoms with van der Waals surface area (Å²) in [6, 6.07) is 4.32. The number of amides is 2. The summed E-state index contributed by atoms with van der Waals surface area (Å²) >= 11 is 0. The number of fused-ring (bicyclic) bond motifs is 1. The van der Waals surface area contributed by atoms with Crippen molar-refractivity contribution < 1.29 is 18.4 Å². The fraction of sp³-hybridized carbons (Fsp3) is 0.346. The molecule has 0 aliphatic heterocycles. The number of nitrogens with zero attached hydrogens (tertiary/aromatic N) is 6. The maximum atomic E-state index is 13.5. The molecule has 1 aliphatic rings. The number of aromatic nitrogens is 6. The second kappa shape index (κ2) is 11.2. The largest absolute Gasteiger partial charge is 0.373 e. The second-order valence-electron chi connectivity index (χ2n) is 9.56. The number of likely N-dealkylation sites (N-methyl/N-ethyl adjacent to an activating group) is 1. The number of halogens is 2. The van der Waals surface area contributed by atoms with Crippen molar-refractivity contribution in [2.45, 2.75) is 38.7 Å². The van der Waals surface area contributed by atoms with Crippen LogP contribution in [0.25, 0.3) is 5.65 Å². The maximum Gasteiger partial charge on any atom is 0.265 e. The van der Waals surface area contributed by atoms with E-state index in [9.17, 15) is 18.4 Å². The zero-order valence-corrected chi connectivity index (χ0v) is 22.0. The fourth-order valence-corrected chi connectivity index (χ4v) is 4.30. The van der Waals surface area contributed by atoms with Gasteiger partial charge in [0, 0.05) is 54.8 Å². The van der Waals surface area contributed by atoms with Gasteiger partial charge in [0.2, 0.25) is 11.8 Å². The van der Waals surface area contributed by atoms with Gasteiger partial charge in [0.15, 0.2) is 5.65 Å². The first kappa shape index (κ1) is 26.8. The van der Waals surface area contributed by atoms with Gasteiger partial charge in [0.1, 0.15) is 23.8 Å². The van der Waals surface area contributed by atoms with Crippen LogP contribution in [0.4, 0.5) is 26.1 Å². The molecule has 1 saturated carbocycles. The summed E-state index contributed by atoms with van der Waals surface area (Å²) < 4.78 is 28.5. The van der Waals surface area contributed by atoms with Crippen molar-refractivity contribution in [2.24, 2.45) is 5.92 Å². The highest BCUT2D eigenvalue weighted by Crippen LogP contribution is 2.46. The molecule has 0 saturated heterocycles. The van der Waals surface area contributed by atoms with Gasteiger partial charge in [-0.25, -0.2) is 33.7 Å². The molecule has 14 heteroatoms. The molecule has 0 radical (unpaired) electrons. The highest BCUT2D eigenvalue weighted by molar-refractivity contribution is 5.94. The number of alkyl halides is 2. The third kappa shape index (κ3) is 5.95. The van der Waals surface area contributed by atoms with E-state index in [1.165, 1.54) is 30.0 Å². The molecule has 0 aromatic carbocycles. The van der Waals surface area contributed by atoms with Gasteiger partial charge in [-0.15, -0.1) is 0 Å². The smallest absolute Gasteiger partial charge is 0.265 e. The average molecular weight is 551 g/mol.